The average Bonchev–Trinajstić information content (AvgIpc) is 2.37. The molecule has 0 spiro atoms. The first kappa shape index (κ1) is 12.9. The molecule has 0 aliphatic carbocycles. The summed E-state index contributed by atoms with van der Waals surface area (Å²) in [5.41, 5.74) is 2.45. The van der Waals surface area contributed by atoms with Crippen LogP contribution in [-0.4, -0.2) is 18.0 Å². The number of nitro benzene ring substituents is 1. The third kappa shape index (κ3) is 2.63. The van der Waals surface area contributed by atoms with E-state index < -0.39 is 0 Å². The first-order valence-corrected chi connectivity index (χ1v) is 6.64. The zero-order chi connectivity index (χ0) is 13.1. The Balaban J connectivity index is 2.29. The van der Waals surface area contributed by atoms with Gasteiger partial charge < -0.3 is 4.90 Å². The van der Waals surface area contributed by atoms with Crippen molar-refractivity contribution in [1.29, 1.82) is 0 Å². The lowest BCUT2D eigenvalue weighted by Gasteiger charge is -2.34. The van der Waals surface area contributed by atoms with E-state index in [0.717, 1.165) is 25.1 Å². The second-order valence-electron chi connectivity index (χ2n) is 5.12. The van der Waals surface area contributed by atoms with Crippen LogP contribution >= 0.6 is 0 Å². The van der Waals surface area contributed by atoms with Crippen LogP contribution in [0, 0.1) is 16.0 Å². The van der Waals surface area contributed by atoms with Crippen molar-refractivity contribution in [2.45, 2.75) is 33.1 Å². The van der Waals surface area contributed by atoms with Gasteiger partial charge in [-0.1, -0.05) is 13.8 Å². The molecule has 0 radical (unpaired) electrons. The molecule has 1 aromatic rings. The van der Waals surface area contributed by atoms with Crippen LogP contribution < -0.4 is 4.90 Å². The van der Waals surface area contributed by atoms with Crippen molar-refractivity contribution in [2.24, 2.45) is 5.92 Å². The van der Waals surface area contributed by atoms with E-state index >= 15 is 0 Å². The third-order valence-electron chi connectivity index (χ3n) is 3.65. The maximum atomic E-state index is 10.8. The normalized spacial score (nSPS) is 19.9. The Morgan fingerprint density at radius 1 is 1.50 bits per heavy atom. The van der Waals surface area contributed by atoms with Crippen LogP contribution in [0.15, 0.2) is 18.2 Å². The fourth-order valence-electron chi connectivity index (χ4n) is 2.69. The molecule has 0 aromatic heterocycles. The second-order valence-corrected chi connectivity index (χ2v) is 5.12. The number of nitrogens with zero attached hydrogens (tertiary/aromatic N) is 2. The maximum absolute atomic E-state index is 10.8. The van der Waals surface area contributed by atoms with Crippen molar-refractivity contribution < 1.29 is 4.92 Å². The summed E-state index contributed by atoms with van der Waals surface area (Å²) in [5.74, 6) is 0.707. The zero-order valence-corrected chi connectivity index (χ0v) is 11.1. The van der Waals surface area contributed by atoms with Crippen LogP contribution in [0.4, 0.5) is 11.4 Å². The summed E-state index contributed by atoms with van der Waals surface area (Å²) in [4.78, 5) is 12.9. The smallest absolute Gasteiger partial charge is 0.269 e. The Labute approximate surface area is 108 Å². The van der Waals surface area contributed by atoms with E-state index in [1.54, 1.807) is 12.1 Å². The molecule has 4 nitrogen and oxygen atoms in total. The van der Waals surface area contributed by atoms with Gasteiger partial charge in [0.15, 0.2) is 0 Å². The summed E-state index contributed by atoms with van der Waals surface area (Å²) in [6.07, 6.45) is 3.33. The maximum Gasteiger partial charge on any atom is 0.269 e. The van der Waals surface area contributed by atoms with Gasteiger partial charge in [-0.05, 0) is 36.8 Å². The molecule has 98 valence electrons. The van der Waals surface area contributed by atoms with E-state index in [0.29, 0.717) is 5.92 Å². The van der Waals surface area contributed by atoms with Crippen LogP contribution in [0.2, 0.25) is 0 Å². The van der Waals surface area contributed by atoms with Gasteiger partial charge in [-0.3, -0.25) is 10.1 Å². The van der Waals surface area contributed by atoms with Gasteiger partial charge in [0.25, 0.3) is 5.69 Å². The molecule has 1 aliphatic heterocycles. The van der Waals surface area contributed by atoms with Crippen molar-refractivity contribution >= 4 is 11.4 Å². The standard InChI is InChI=1S/C14H20N2O2/c1-3-12-9-13(16(17)18)6-7-14(12)15-8-4-5-11(2)10-15/h6-7,9,11H,3-5,8,10H2,1-2H3/t11-/m0/s1. The van der Waals surface area contributed by atoms with Crippen molar-refractivity contribution in [1.82, 2.24) is 0 Å². The molecule has 0 unspecified atom stereocenters. The molecule has 1 aliphatic rings. The molecule has 1 fully saturated rings. The Morgan fingerprint density at radius 3 is 2.89 bits per heavy atom. The van der Waals surface area contributed by atoms with Crippen LogP contribution in [0.5, 0.6) is 0 Å². The fraction of sp³-hybridized carbons (Fsp3) is 0.571. The first-order valence-electron chi connectivity index (χ1n) is 6.64. The van der Waals surface area contributed by atoms with Crippen LogP contribution in [-0.2, 0) is 6.42 Å². The van der Waals surface area contributed by atoms with Gasteiger partial charge in [0.1, 0.15) is 0 Å². The van der Waals surface area contributed by atoms with E-state index in [4.69, 9.17) is 0 Å². The highest BCUT2D eigenvalue weighted by Gasteiger charge is 2.19. The number of piperidine rings is 1. The zero-order valence-electron chi connectivity index (χ0n) is 11.1. The minimum Gasteiger partial charge on any atom is -0.371 e. The minimum atomic E-state index is -0.318. The highest BCUT2D eigenvalue weighted by Crippen LogP contribution is 2.29. The molecular weight excluding hydrogens is 228 g/mol. The predicted octanol–water partition coefficient (Wildman–Crippen LogP) is 3.39. The lowest BCUT2D eigenvalue weighted by Crippen LogP contribution is -2.34. The number of hydrogen-bond donors (Lipinski definition) is 0. The molecule has 2 rings (SSSR count). The molecule has 1 atom stereocenters. The Morgan fingerprint density at radius 2 is 2.28 bits per heavy atom. The van der Waals surface area contributed by atoms with E-state index in [9.17, 15) is 10.1 Å². The van der Waals surface area contributed by atoms with Crippen molar-refractivity contribution in [3.05, 3.63) is 33.9 Å². The van der Waals surface area contributed by atoms with E-state index in [1.165, 1.54) is 18.5 Å². The van der Waals surface area contributed by atoms with Crippen LogP contribution in [0.25, 0.3) is 0 Å². The van der Waals surface area contributed by atoms with Crippen molar-refractivity contribution in [3.63, 3.8) is 0 Å². The molecule has 0 N–H and O–H groups in total. The molecule has 0 bridgehead atoms. The van der Waals surface area contributed by atoms with Gasteiger partial charge in [0.2, 0.25) is 0 Å². The monoisotopic (exact) mass is 248 g/mol. The van der Waals surface area contributed by atoms with Gasteiger partial charge in [-0.25, -0.2) is 0 Å². The lowest BCUT2D eigenvalue weighted by atomic mass is 9.98. The van der Waals surface area contributed by atoms with Crippen molar-refractivity contribution in [3.8, 4) is 0 Å². The Bertz CT molecular complexity index is 445. The summed E-state index contributed by atoms with van der Waals surface area (Å²) >= 11 is 0. The molecule has 1 aromatic carbocycles. The highest BCUT2D eigenvalue weighted by atomic mass is 16.6. The largest absolute Gasteiger partial charge is 0.371 e. The number of hydrogen-bond acceptors (Lipinski definition) is 3. The number of anilines is 1. The molecule has 0 saturated carbocycles. The number of nitro groups is 1. The van der Waals surface area contributed by atoms with Gasteiger partial charge in [-0.2, -0.15) is 0 Å². The number of non-ortho nitro benzene ring substituents is 1. The van der Waals surface area contributed by atoms with E-state index in [-0.39, 0.29) is 10.6 Å². The number of rotatable bonds is 3. The molecule has 4 heteroatoms. The number of benzene rings is 1. The van der Waals surface area contributed by atoms with Crippen LogP contribution in [0.1, 0.15) is 32.3 Å². The van der Waals surface area contributed by atoms with Gasteiger partial charge in [-0.15, -0.1) is 0 Å². The molecule has 0 amide bonds. The van der Waals surface area contributed by atoms with Crippen molar-refractivity contribution in [2.75, 3.05) is 18.0 Å². The molecule has 1 heterocycles. The number of aryl methyl sites for hydroxylation is 1. The second kappa shape index (κ2) is 5.38. The molecule has 18 heavy (non-hydrogen) atoms. The fourth-order valence-corrected chi connectivity index (χ4v) is 2.69. The Hall–Kier alpha value is -1.58. The highest BCUT2D eigenvalue weighted by molar-refractivity contribution is 5.58. The predicted molar refractivity (Wildman–Crippen MR) is 73.1 cm³/mol. The average molecular weight is 248 g/mol. The first-order chi connectivity index (χ1) is 8.61. The summed E-state index contributed by atoms with van der Waals surface area (Å²) in [7, 11) is 0. The third-order valence-corrected chi connectivity index (χ3v) is 3.65. The van der Waals surface area contributed by atoms with Gasteiger partial charge in [0.05, 0.1) is 4.92 Å². The quantitative estimate of drug-likeness (QED) is 0.608. The summed E-state index contributed by atoms with van der Waals surface area (Å²) in [5, 5.41) is 10.8. The summed E-state index contributed by atoms with van der Waals surface area (Å²) in [6.45, 7) is 6.44. The topological polar surface area (TPSA) is 46.4 Å². The summed E-state index contributed by atoms with van der Waals surface area (Å²) < 4.78 is 0. The Kier molecular flexibility index (Phi) is 3.84. The SMILES string of the molecule is CCc1cc([N+](=O)[O-])ccc1N1CCC[C@H](C)C1. The molecular formula is C14H20N2O2. The molecule has 1 saturated heterocycles. The van der Waals surface area contributed by atoms with Gasteiger partial charge in [0, 0.05) is 30.9 Å². The minimum absolute atomic E-state index is 0.195. The summed E-state index contributed by atoms with van der Waals surface area (Å²) in [6, 6.07) is 5.25. The van der Waals surface area contributed by atoms with Crippen LogP contribution in [0.3, 0.4) is 0 Å². The van der Waals surface area contributed by atoms with E-state index in [2.05, 4.69) is 18.7 Å². The van der Waals surface area contributed by atoms with Gasteiger partial charge >= 0.3 is 0 Å². The van der Waals surface area contributed by atoms with E-state index in [1.807, 2.05) is 6.07 Å². The lowest BCUT2D eigenvalue weighted by molar-refractivity contribution is -0.384.